The molecule has 1 aliphatic rings. The number of hydrogen-bond donors (Lipinski definition) is 1. The van der Waals surface area contributed by atoms with Crippen molar-refractivity contribution in [1.29, 1.82) is 0 Å². The van der Waals surface area contributed by atoms with Gasteiger partial charge in [0.1, 0.15) is 0 Å². The summed E-state index contributed by atoms with van der Waals surface area (Å²) >= 11 is 0. The van der Waals surface area contributed by atoms with Crippen LogP contribution in [0, 0.1) is 0 Å². The van der Waals surface area contributed by atoms with Gasteiger partial charge in [0.25, 0.3) is 0 Å². The lowest BCUT2D eigenvalue weighted by atomic mass is 9.93. The van der Waals surface area contributed by atoms with Gasteiger partial charge in [0.05, 0.1) is 6.26 Å². The maximum atomic E-state index is 10.8. The lowest BCUT2D eigenvalue weighted by molar-refractivity contribution is 0.368. The predicted octanol–water partition coefficient (Wildman–Crippen LogP) is 0.130. The summed E-state index contributed by atoms with van der Waals surface area (Å²) in [6.07, 6.45) is 4.42. The van der Waals surface area contributed by atoms with Crippen LogP contribution in [0.15, 0.2) is 0 Å². The van der Waals surface area contributed by atoms with Crippen LogP contribution in [0.3, 0.4) is 0 Å². The van der Waals surface area contributed by atoms with Crippen LogP contribution in [0.4, 0.5) is 0 Å². The summed E-state index contributed by atoms with van der Waals surface area (Å²) in [7, 11) is -3.05. The van der Waals surface area contributed by atoms with E-state index in [1.54, 1.807) is 0 Å². The van der Waals surface area contributed by atoms with Gasteiger partial charge in [-0.05, 0) is 25.7 Å². The van der Waals surface area contributed by atoms with E-state index in [0.29, 0.717) is 0 Å². The second kappa shape index (κ2) is 3.72. The normalized spacial score (nSPS) is 31.8. The highest BCUT2D eigenvalue weighted by Crippen LogP contribution is 2.18. The zero-order valence-electron chi connectivity index (χ0n) is 7.21. The summed E-state index contributed by atoms with van der Waals surface area (Å²) in [4.78, 5) is 0. The fourth-order valence-electron chi connectivity index (χ4n) is 1.51. The maximum Gasteiger partial charge on any atom is 0.208 e. The smallest absolute Gasteiger partial charge is 0.208 e. The Bertz CT molecular complexity index is 230. The molecule has 1 radical (unpaired) electrons. The van der Waals surface area contributed by atoms with Crippen molar-refractivity contribution in [3.05, 3.63) is 0 Å². The number of sulfonamides is 1. The zero-order valence-corrected chi connectivity index (χ0v) is 8.02. The Morgan fingerprint density at radius 3 is 2.17 bits per heavy atom. The van der Waals surface area contributed by atoms with Crippen LogP contribution in [-0.2, 0) is 10.0 Å². The highest BCUT2D eigenvalue weighted by atomic mass is 32.2. The average molecular weight is 191 g/mol. The monoisotopic (exact) mass is 191 g/mol. The number of nitrogens with one attached hydrogen (secondary N) is 2. The van der Waals surface area contributed by atoms with Crippen molar-refractivity contribution >= 4 is 10.0 Å². The summed E-state index contributed by atoms with van der Waals surface area (Å²) in [6, 6.07) is 0.0872. The summed E-state index contributed by atoms with van der Waals surface area (Å²) in [6.45, 7) is 0. The molecule has 0 aromatic rings. The van der Waals surface area contributed by atoms with E-state index < -0.39 is 10.0 Å². The summed E-state index contributed by atoms with van der Waals surface area (Å²) in [5.41, 5.74) is 7.42. The lowest BCUT2D eigenvalue weighted by Crippen LogP contribution is -2.38. The molecular weight excluding hydrogens is 176 g/mol. The standard InChI is InChI=1S/C7H15N2O2S/c1-12(10,11)9-7-4-2-6(8)3-5-7/h6-9H,2-5H2,1H3. The molecule has 4 nitrogen and oxygen atoms in total. The highest BCUT2D eigenvalue weighted by Gasteiger charge is 2.20. The molecule has 0 aromatic carbocycles. The van der Waals surface area contributed by atoms with Crippen LogP contribution in [-0.4, -0.2) is 26.8 Å². The van der Waals surface area contributed by atoms with Crippen LogP contribution in [0.5, 0.6) is 0 Å². The van der Waals surface area contributed by atoms with Crippen LogP contribution in [0.1, 0.15) is 25.7 Å². The molecule has 1 fully saturated rings. The quantitative estimate of drug-likeness (QED) is 0.674. The van der Waals surface area contributed by atoms with E-state index in [4.69, 9.17) is 5.73 Å². The van der Waals surface area contributed by atoms with Gasteiger partial charge in [0.15, 0.2) is 0 Å². The van der Waals surface area contributed by atoms with Crippen LogP contribution in [0.25, 0.3) is 0 Å². The minimum atomic E-state index is -3.05. The molecule has 12 heavy (non-hydrogen) atoms. The zero-order chi connectivity index (χ0) is 9.19. The fourth-order valence-corrected chi connectivity index (χ4v) is 2.36. The van der Waals surface area contributed by atoms with Gasteiger partial charge in [-0.25, -0.2) is 13.1 Å². The SMILES string of the molecule is CS(=O)(=O)NC1CCC([NH])CC1. The third-order valence-corrected chi connectivity index (χ3v) is 2.87. The Morgan fingerprint density at radius 1 is 1.25 bits per heavy atom. The van der Waals surface area contributed by atoms with E-state index in [9.17, 15) is 8.42 Å². The van der Waals surface area contributed by atoms with E-state index in [1.165, 1.54) is 6.26 Å². The first-order chi connectivity index (χ1) is 5.47. The second-order valence-electron chi connectivity index (χ2n) is 3.44. The summed E-state index contributed by atoms with van der Waals surface area (Å²) < 4.78 is 24.2. The van der Waals surface area contributed by atoms with Crippen molar-refractivity contribution in [3.63, 3.8) is 0 Å². The molecular formula is C7H15N2O2S. The third kappa shape index (κ3) is 3.51. The Kier molecular flexibility index (Phi) is 3.09. The fraction of sp³-hybridized carbons (Fsp3) is 1.00. The summed E-state index contributed by atoms with van der Waals surface area (Å²) in [5.74, 6) is 0. The molecule has 1 aliphatic carbocycles. The molecule has 1 saturated carbocycles. The van der Waals surface area contributed by atoms with E-state index in [0.717, 1.165) is 25.7 Å². The van der Waals surface area contributed by atoms with E-state index in [2.05, 4.69) is 4.72 Å². The van der Waals surface area contributed by atoms with Crippen molar-refractivity contribution in [2.24, 2.45) is 0 Å². The van der Waals surface area contributed by atoms with Gasteiger partial charge < -0.3 is 0 Å². The first kappa shape index (κ1) is 9.95. The number of hydrogen-bond acceptors (Lipinski definition) is 2. The Balaban J connectivity index is 2.36. The van der Waals surface area contributed by atoms with Gasteiger partial charge in [0.2, 0.25) is 10.0 Å². The highest BCUT2D eigenvalue weighted by molar-refractivity contribution is 7.88. The van der Waals surface area contributed by atoms with Crippen molar-refractivity contribution in [3.8, 4) is 0 Å². The van der Waals surface area contributed by atoms with Gasteiger partial charge in [-0.2, -0.15) is 0 Å². The molecule has 0 heterocycles. The van der Waals surface area contributed by atoms with Crippen molar-refractivity contribution < 1.29 is 8.42 Å². The first-order valence-electron chi connectivity index (χ1n) is 4.16. The maximum absolute atomic E-state index is 10.8. The lowest BCUT2D eigenvalue weighted by Gasteiger charge is -2.25. The van der Waals surface area contributed by atoms with Crippen molar-refractivity contribution in [2.45, 2.75) is 37.8 Å². The largest absolute Gasteiger partial charge is 0.255 e. The molecule has 0 unspecified atom stereocenters. The molecule has 0 amide bonds. The van der Waals surface area contributed by atoms with Gasteiger partial charge in [-0.15, -0.1) is 0 Å². The van der Waals surface area contributed by atoms with Crippen LogP contribution < -0.4 is 10.5 Å². The molecule has 0 saturated heterocycles. The van der Waals surface area contributed by atoms with Crippen molar-refractivity contribution in [1.82, 2.24) is 10.5 Å². The van der Waals surface area contributed by atoms with Gasteiger partial charge in [0, 0.05) is 12.1 Å². The van der Waals surface area contributed by atoms with Crippen LogP contribution in [0.2, 0.25) is 0 Å². The molecule has 1 rings (SSSR count). The second-order valence-corrected chi connectivity index (χ2v) is 5.22. The Hall–Kier alpha value is -0.130. The predicted molar refractivity (Wildman–Crippen MR) is 47.1 cm³/mol. The summed E-state index contributed by atoms with van der Waals surface area (Å²) in [5, 5.41) is 0. The Labute approximate surface area is 73.6 Å². The van der Waals surface area contributed by atoms with Gasteiger partial charge in [-0.3, -0.25) is 5.73 Å². The molecule has 0 aromatic heterocycles. The average Bonchev–Trinajstić information content (AvgIpc) is 1.91. The molecule has 0 bridgehead atoms. The molecule has 0 aliphatic heterocycles. The van der Waals surface area contributed by atoms with Crippen LogP contribution >= 0.6 is 0 Å². The molecule has 71 valence electrons. The van der Waals surface area contributed by atoms with Crippen molar-refractivity contribution in [2.75, 3.05) is 6.26 Å². The Morgan fingerprint density at radius 2 is 1.75 bits per heavy atom. The molecule has 0 atom stereocenters. The minimum absolute atomic E-state index is 0.0163. The van der Waals surface area contributed by atoms with Gasteiger partial charge in [-0.1, -0.05) is 0 Å². The van der Waals surface area contributed by atoms with Gasteiger partial charge >= 0.3 is 0 Å². The molecule has 0 spiro atoms. The first-order valence-corrected chi connectivity index (χ1v) is 6.05. The topological polar surface area (TPSA) is 70.0 Å². The van der Waals surface area contributed by atoms with E-state index >= 15 is 0 Å². The third-order valence-electron chi connectivity index (χ3n) is 2.11. The minimum Gasteiger partial charge on any atom is -0.255 e. The van der Waals surface area contributed by atoms with E-state index in [-0.39, 0.29) is 12.1 Å². The number of rotatable bonds is 2. The van der Waals surface area contributed by atoms with E-state index in [1.807, 2.05) is 0 Å². The molecule has 5 heteroatoms. The molecule has 2 N–H and O–H groups in total.